The van der Waals surface area contributed by atoms with Crippen molar-refractivity contribution in [2.45, 2.75) is 13.0 Å². The number of morpholine rings is 1. The molecule has 7 heteroatoms. The average molecular weight is 287 g/mol. The molecule has 2 amide bonds. The van der Waals surface area contributed by atoms with Gasteiger partial charge in [0, 0.05) is 13.1 Å². The fraction of sp³-hybridized carbons (Fsp3) is 0.500. The molecule has 0 aromatic carbocycles. The van der Waals surface area contributed by atoms with E-state index in [1.54, 1.807) is 11.8 Å². The Morgan fingerprint density at radius 3 is 2.68 bits per heavy atom. The summed E-state index contributed by atoms with van der Waals surface area (Å²) in [5.74, 6) is -0.552. The second kappa shape index (κ2) is 6.08. The molecule has 1 aromatic heterocycles. The zero-order valence-electron chi connectivity index (χ0n) is 10.5. The zero-order valence-corrected chi connectivity index (χ0v) is 11.3. The smallest absolute Gasteiger partial charge is 0.256 e. The number of amides is 2. The Hall–Kier alpha value is -1.53. The first-order valence-corrected chi connectivity index (χ1v) is 6.38. The van der Waals surface area contributed by atoms with Crippen molar-refractivity contribution in [1.82, 2.24) is 10.2 Å². The number of furan rings is 1. The third-order valence-electron chi connectivity index (χ3n) is 2.90. The van der Waals surface area contributed by atoms with Crippen molar-refractivity contribution in [2.24, 2.45) is 0 Å². The number of carbonyl (C=O) groups is 2. The van der Waals surface area contributed by atoms with Crippen LogP contribution in [0.4, 0.5) is 0 Å². The third kappa shape index (κ3) is 3.27. The molecular weight excluding hydrogens is 272 g/mol. The highest BCUT2D eigenvalue weighted by Gasteiger charge is 2.25. The van der Waals surface area contributed by atoms with Gasteiger partial charge in [0.05, 0.1) is 25.0 Å². The van der Waals surface area contributed by atoms with Gasteiger partial charge >= 0.3 is 0 Å². The first-order valence-electron chi connectivity index (χ1n) is 6.00. The van der Waals surface area contributed by atoms with Crippen LogP contribution in [0.1, 0.15) is 17.3 Å². The quantitative estimate of drug-likeness (QED) is 0.896. The molecule has 2 rings (SSSR count). The van der Waals surface area contributed by atoms with Crippen LogP contribution < -0.4 is 5.32 Å². The van der Waals surface area contributed by atoms with Crippen LogP contribution >= 0.6 is 11.6 Å². The minimum Gasteiger partial charge on any atom is -0.452 e. The Kier molecular flexibility index (Phi) is 4.44. The van der Waals surface area contributed by atoms with Crippen molar-refractivity contribution in [3.63, 3.8) is 0 Å². The van der Waals surface area contributed by atoms with Crippen LogP contribution in [0.25, 0.3) is 0 Å². The number of carbonyl (C=O) groups excluding carboxylic acids is 2. The maximum atomic E-state index is 12.1. The van der Waals surface area contributed by atoms with E-state index < -0.39 is 11.9 Å². The van der Waals surface area contributed by atoms with Crippen molar-refractivity contribution < 1.29 is 18.7 Å². The van der Waals surface area contributed by atoms with E-state index in [0.717, 1.165) is 0 Å². The predicted molar refractivity (Wildman–Crippen MR) is 68.0 cm³/mol. The van der Waals surface area contributed by atoms with Crippen molar-refractivity contribution in [1.29, 1.82) is 0 Å². The Morgan fingerprint density at radius 2 is 2.11 bits per heavy atom. The summed E-state index contributed by atoms with van der Waals surface area (Å²) in [6, 6.07) is 0.848. The maximum Gasteiger partial charge on any atom is 0.256 e. The summed E-state index contributed by atoms with van der Waals surface area (Å²) in [7, 11) is 0. The van der Waals surface area contributed by atoms with Crippen LogP contribution in [0.5, 0.6) is 0 Å². The minimum atomic E-state index is -0.614. The first-order chi connectivity index (χ1) is 9.09. The second-order valence-electron chi connectivity index (χ2n) is 4.24. The third-order valence-corrected chi connectivity index (χ3v) is 3.20. The SMILES string of the molecule is CC(NC(=O)c1ccoc1Cl)C(=O)N1CCOCC1. The molecule has 19 heavy (non-hydrogen) atoms. The molecular formula is C12H15ClN2O4. The average Bonchev–Trinajstić information content (AvgIpc) is 2.85. The summed E-state index contributed by atoms with van der Waals surface area (Å²) in [6.45, 7) is 3.79. The fourth-order valence-corrected chi connectivity index (χ4v) is 2.05. The van der Waals surface area contributed by atoms with Gasteiger partial charge in [0.25, 0.3) is 5.91 Å². The van der Waals surface area contributed by atoms with Gasteiger partial charge in [-0.05, 0) is 24.6 Å². The second-order valence-corrected chi connectivity index (χ2v) is 4.58. The maximum absolute atomic E-state index is 12.1. The summed E-state index contributed by atoms with van der Waals surface area (Å²) in [5, 5.41) is 2.62. The Morgan fingerprint density at radius 1 is 1.42 bits per heavy atom. The van der Waals surface area contributed by atoms with Crippen LogP contribution in [0.3, 0.4) is 0 Å². The number of nitrogens with zero attached hydrogens (tertiary/aromatic N) is 1. The molecule has 1 aliphatic rings. The van der Waals surface area contributed by atoms with Gasteiger partial charge in [0.2, 0.25) is 11.1 Å². The molecule has 0 radical (unpaired) electrons. The van der Waals surface area contributed by atoms with Gasteiger partial charge in [-0.3, -0.25) is 9.59 Å². The highest BCUT2D eigenvalue weighted by molar-refractivity contribution is 6.32. The van der Waals surface area contributed by atoms with E-state index in [2.05, 4.69) is 5.32 Å². The van der Waals surface area contributed by atoms with E-state index in [9.17, 15) is 9.59 Å². The topological polar surface area (TPSA) is 71.8 Å². The van der Waals surface area contributed by atoms with Crippen LogP contribution in [0, 0.1) is 0 Å². The number of nitrogens with one attached hydrogen (secondary N) is 1. The molecule has 0 aliphatic carbocycles. The molecule has 1 atom stereocenters. The molecule has 1 aromatic rings. The molecule has 0 spiro atoms. The van der Waals surface area contributed by atoms with Crippen molar-refractivity contribution >= 4 is 23.4 Å². The highest BCUT2D eigenvalue weighted by atomic mass is 35.5. The zero-order chi connectivity index (χ0) is 13.8. The number of hydrogen-bond donors (Lipinski definition) is 1. The fourth-order valence-electron chi connectivity index (χ4n) is 1.85. The van der Waals surface area contributed by atoms with Crippen LogP contribution in [0.15, 0.2) is 16.7 Å². The Bertz CT molecular complexity index is 468. The lowest BCUT2D eigenvalue weighted by Crippen LogP contribution is -2.50. The molecule has 104 valence electrons. The largest absolute Gasteiger partial charge is 0.452 e. The van der Waals surface area contributed by atoms with E-state index in [-0.39, 0.29) is 16.7 Å². The van der Waals surface area contributed by atoms with E-state index >= 15 is 0 Å². The van der Waals surface area contributed by atoms with Crippen molar-refractivity contribution in [3.8, 4) is 0 Å². The van der Waals surface area contributed by atoms with Crippen LogP contribution in [-0.4, -0.2) is 49.1 Å². The number of rotatable bonds is 3. The standard InChI is InChI=1S/C12H15ClN2O4/c1-8(12(17)15-3-6-18-7-4-15)14-11(16)9-2-5-19-10(9)13/h2,5,8H,3-4,6-7H2,1H3,(H,14,16). The van der Waals surface area contributed by atoms with Crippen LogP contribution in [0.2, 0.25) is 5.22 Å². The summed E-state index contributed by atoms with van der Waals surface area (Å²) < 4.78 is 10.0. The summed E-state index contributed by atoms with van der Waals surface area (Å²) in [4.78, 5) is 25.6. The molecule has 6 nitrogen and oxygen atoms in total. The first kappa shape index (κ1) is 13.9. The monoisotopic (exact) mass is 286 g/mol. The van der Waals surface area contributed by atoms with Gasteiger partial charge in [0.15, 0.2) is 0 Å². The molecule has 1 aliphatic heterocycles. The lowest BCUT2D eigenvalue weighted by Gasteiger charge is -2.29. The number of halogens is 1. The molecule has 1 unspecified atom stereocenters. The van der Waals surface area contributed by atoms with Crippen LogP contribution in [-0.2, 0) is 9.53 Å². The Balaban J connectivity index is 1.93. The van der Waals surface area contributed by atoms with Crippen molar-refractivity contribution in [3.05, 3.63) is 23.1 Å². The van der Waals surface area contributed by atoms with Gasteiger partial charge in [-0.2, -0.15) is 0 Å². The van der Waals surface area contributed by atoms with E-state index in [0.29, 0.717) is 26.3 Å². The summed E-state index contributed by atoms with van der Waals surface area (Å²) in [5.41, 5.74) is 0.225. The van der Waals surface area contributed by atoms with Gasteiger partial charge < -0.3 is 19.4 Å². The van der Waals surface area contributed by atoms with E-state index in [1.165, 1.54) is 12.3 Å². The number of ether oxygens (including phenoxy) is 1. The Labute approximate surface area is 115 Å². The van der Waals surface area contributed by atoms with Gasteiger partial charge in [-0.15, -0.1) is 0 Å². The predicted octanol–water partition coefficient (Wildman–Crippen LogP) is 0.910. The molecule has 1 N–H and O–H groups in total. The molecule has 1 fully saturated rings. The van der Waals surface area contributed by atoms with Crippen molar-refractivity contribution in [2.75, 3.05) is 26.3 Å². The van der Waals surface area contributed by atoms with Gasteiger partial charge in [0.1, 0.15) is 6.04 Å². The summed E-state index contributed by atoms with van der Waals surface area (Å²) >= 11 is 5.71. The lowest BCUT2D eigenvalue weighted by atomic mass is 10.2. The number of hydrogen-bond acceptors (Lipinski definition) is 4. The van der Waals surface area contributed by atoms with E-state index in [1.807, 2.05) is 0 Å². The molecule has 0 saturated carbocycles. The molecule has 2 heterocycles. The van der Waals surface area contributed by atoms with Gasteiger partial charge in [-0.1, -0.05) is 0 Å². The highest BCUT2D eigenvalue weighted by Crippen LogP contribution is 2.16. The normalized spacial score (nSPS) is 17.1. The van der Waals surface area contributed by atoms with E-state index in [4.69, 9.17) is 20.8 Å². The van der Waals surface area contributed by atoms with Gasteiger partial charge in [-0.25, -0.2) is 0 Å². The molecule has 0 bridgehead atoms. The molecule has 1 saturated heterocycles. The minimum absolute atomic E-state index is 0.0171. The lowest BCUT2D eigenvalue weighted by molar-refractivity contribution is -0.136. The summed E-state index contributed by atoms with van der Waals surface area (Å²) in [6.07, 6.45) is 1.33.